The average molecular weight is 312 g/mol. The summed E-state index contributed by atoms with van der Waals surface area (Å²) in [5.74, 6) is -0.415. The number of rotatable bonds is 3. The number of nitrogens with zero attached hydrogens (tertiary/aromatic N) is 2. The Hall–Kier alpha value is -3.22. The highest BCUT2D eigenvalue weighted by atomic mass is 19.1. The molecule has 3 aromatic rings. The Balaban J connectivity index is 2.09. The van der Waals surface area contributed by atoms with Crippen molar-refractivity contribution in [2.45, 2.75) is 0 Å². The molecule has 0 bridgehead atoms. The van der Waals surface area contributed by atoms with Crippen LogP contribution in [0.5, 0.6) is 11.8 Å². The van der Waals surface area contributed by atoms with Crippen molar-refractivity contribution in [3.8, 4) is 11.8 Å². The van der Waals surface area contributed by atoms with Crippen LogP contribution < -0.4 is 15.8 Å². The number of hydrogen-bond acceptors (Lipinski definition) is 5. The standard InChI is InChI=1S/C16H13FN4O2/c1-19-15(22)14-12-7-2-9(17)8-13(12)20-16(21-14)23-11-5-3-10(18)4-6-11/h2-8H,18H2,1H3,(H,19,22). The zero-order chi connectivity index (χ0) is 16.4. The predicted octanol–water partition coefficient (Wildman–Crippen LogP) is 2.50. The van der Waals surface area contributed by atoms with E-state index in [9.17, 15) is 9.18 Å². The molecule has 0 spiro atoms. The highest BCUT2D eigenvalue weighted by Gasteiger charge is 2.15. The Labute approximate surface area is 131 Å². The van der Waals surface area contributed by atoms with Crippen molar-refractivity contribution in [1.29, 1.82) is 0 Å². The van der Waals surface area contributed by atoms with Crippen LogP contribution in [0, 0.1) is 5.82 Å². The fraction of sp³-hybridized carbons (Fsp3) is 0.0625. The lowest BCUT2D eigenvalue weighted by atomic mass is 10.2. The normalized spacial score (nSPS) is 10.5. The molecule has 23 heavy (non-hydrogen) atoms. The quantitative estimate of drug-likeness (QED) is 0.725. The highest BCUT2D eigenvalue weighted by molar-refractivity contribution is 6.04. The molecule has 6 nitrogen and oxygen atoms in total. The van der Waals surface area contributed by atoms with Gasteiger partial charge in [-0.3, -0.25) is 4.79 Å². The van der Waals surface area contributed by atoms with Crippen molar-refractivity contribution >= 4 is 22.5 Å². The zero-order valence-corrected chi connectivity index (χ0v) is 12.2. The minimum absolute atomic E-state index is 0.0496. The third-order valence-corrected chi connectivity index (χ3v) is 3.17. The number of nitrogens with one attached hydrogen (secondary N) is 1. The summed E-state index contributed by atoms with van der Waals surface area (Å²) in [4.78, 5) is 20.3. The van der Waals surface area contributed by atoms with E-state index in [0.29, 0.717) is 16.8 Å². The van der Waals surface area contributed by atoms with Crippen molar-refractivity contribution in [3.63, 3.8) is 0 Å². The van der Waals surface area contributed by atoms with E-state index >= 15 is 0 Å². The summed E-state index contributed by atoms with van der Waals surface area (Å²) < 4.78 is 19.0. The monoisotopic (exact) mass is 312 g/mol. The predicted molar refractivity (Wildman–Crippen MR) is 83.8 cm³/mol. The minimum Gasteiger partial charge on any atom is -0.424 e. The Morgan fingerprint density at radius 3 is 2.61 bits per heavy atom. The number of fused-ring (bicyclic) bond motifs is 1. The second-order valence-corrected chi connectivity index (χ2v) is 4.77. The molecule has 0 aliphatic rings. The molecule has 3 N–H and O–H groups in total. The van der Waals surface area contributed by atoms with Crippen LogP contribution >= 0.6 is 0 Å². The van der Waals surface area contributed by atoms with Gasteiger partial charge < -0.3 is 15.8 Å². The van der Waals surface area contributed by atoms with Gasteiger partial charge in [-0.15, -0.1) is 0 Å². The van der Waals surface area contributed by atoms with Gasteiger partial charge in [0, 0.05) is 24.2 Å². The minimum atomic E-state index is -0.461. The van der Waals surface area contributed by atoms with Crippen LogP contribution in [-0.2, 0) is 0 Å². The molecule has 1 aromatic heterocycles. The van der Waals surface area contributed by atoms with Crippen LogP contribution in [0.2, 0.25) is 0 Å². The maximum absolute atomic E-state index is 13.4. The Kier molecular flexibility index (Phi) is 3.76. The van der Waals surface area contributed by atoms with Crippen molar-refractivity contribution in [3.05, 3.63) is 54.0 Å². The molecule has 0 atom stereocenters. The second-order valence-electron chi connectivity index (χ2n) is 4.77. The summed E-state index contributed by atoms with van der Waals surface area (Å²) in [6, 6.07) is 10.5. The van der Waals surface area contributed by atoms with E-state index in [1.54, 1.807) is 24.3 Å². The van der Waals surface area contributed by atoms with Gasteiger partial charge in [-0.25, -0.2) is 4.39 Å². The molecule has 1 heterocycles. The van der Waals surface area contributed by atoms with Crippen molar-refractivity contribution in [1.82, 2.24) is 15.3 Å². The van der Waals surface area contributed by atoms with Gasteiger partial charge in [0.05, 0.1) is 5.52 Å². The summed E-state index contributed by atoms with van der Waals surface area (Å²) in [6.07, 6.45) is 0. The molecule has 116 valence electrons. The summed E-state index contributed by atoms with van der Waals surface area (Å²) in [5.41, 5.74) is 6.59. The Morgan fingerprint density at radius 1 is 1.17 bits per heavy atom. The van der Waals surface area contributed by atoms with Crippen molar-refractivity contribution in [2.75, 3.05) is 12.8 Å². The van der Waals surface area contributed by atoms with E-state index < -0.39 is 11.7 Å². The van der Waals surface area contributed by atoms with E-state index in [1.165, 1.54) is 25.2 Å². The molecule has 0 aliphatic heterocycles. The van der Waals surface area contributed by atoms with Crippen molar-refractivity contribution < 1.29 is 13.9 Å². The molecule has 0 unspecified atom stereocenters. The van der Waals surface area contributed by atoms with Gasteiger partial charge in [-0.2, -0.15) is 9.97 Å². The van der Waals surface area contributed by atoms with Crippen LogP contribution in [0.4, 0.5) is 10.1 Å². The molecule has 0 saturated heterocycles. The number of ether oxygens (including phenoxy) is 1. The number of hydrogen-bond donors (Lipinski definition) is 2. The largest absolute Gasteiger partial charge is 0.424 e. The summed E-state index contributed by atoms with van der Waals surface area (Å²) in [7, 11) is 1.49. The van der Waals surface area contributed by atoms with Crippen LogP contribution in [0.1, 0.15) is 10.5 Å². The molecule has 3 rings (SSSR count). The third kappa shape index (κ3) is 3.03. The number of aromatic nitrogens is 2. The van der Waals surface area contributed by atoms with Gasteiger partial charge in [0.25, 0.3) is 5.91 Å². The van der Waals surface area contributed by atoms with Crippen LogP contribution in [0.25, 0.3) is 10.9 Å². The first-order chi connectivity index (χ1) is 11.1. The average Bonchev–Trinajstić information content (AvgIpc) is 2.55. The number of carbonyl (C=O) groups is 1. The molecular formula is C16H13FN4O2. The topological polar surface area (TPSA) is 90.1 Å². The summed E-state index contributed by atoms with van der Waals surface area (Å²) in [5, 5.41) is 2.93. The molecule has 1 amide bonds. The first kappa shape index (κ1) is 14.7. The summed E-state index contributed by atoms with van der Waals surface area (Å²) >= 11 is 0. The SMILES string of the molecule is CNC(=O)c1nc(Oc2ccc(N)cc2)nc2cc(F)ccc12. The molecule has 2 aromatic carbocycles. The maximum Gasteiger partial charge on any atom is 0.323 e. The smallest absolute Gasteiger partial charge is 0.323 e. The van der Waals surface area contributed by atoms with E-state index in [4.69, 9.17) is 10.5 Å². The number of nitrogen functional groups attached to an aromatic ring is 1. The number of halogens is 1. The van der Waals surface area contributed by atoms with Gasteiger partial charge in [-0.1, -0.05) is 0 Å². The lowest BCUT2D eigenvalue weighted by Gasteiger charge is -2.09. The van der Waals surface area contributed by atoms with E-state index in [1.807, 2.05) is 0 Å². The van der Waals surface area contributed by atoms with Gasteiger partial charge in [0.1, 0.15) is 17.3 Å². The van der Waals surface area contributed by atoms with Crippen LogP contribution in [-0.4, -0.2) is 22.9 Å². The number of carbonyl (C=O) groups excluding carboxylic acids is 1. The van der Waals surface area contributed by atoms with Gasteiger partial charge in [-0.05, 0) is 36.4 Å². The Bertz CT molecular complexity index is 881. The molecular weight excluding hydrogens is 299 g/mol. The van der Waals surface area contributed by atoms with E-state index in [0.717, 1.165) is 0 Å². The van der Waals surface area contributed by atoms with Gasteiger partial charge >= 0.3 is 6.01 Å². The van der Waals surface area contributed by atoms with Crippen molar-refractivity contribution in [2.24, 2.45) is 0 Å². The lowest BCUT2D eigenvalue weighted by Crippen LogP contribution is -2.20. The number of nitrogens with two attached hydrogens (primary N) is 1. The number of benzene rings is 2. The maximum atomic E-state index is 13.4. The molecule has 7 heteroatoms. The van der Waals surface area contributed by atoms with Crippen LogP contribution in [0.3, 0.4) is 0 Å². The number of amides is 1. The first-order valence-electron chi connectivity index (χ1n) is 6.79. The highest BCUT2D eigenvalue weighted by Crippen LogP contribution is 2.24. The molecule has 0 aliphatic carbocycles. The summed E-state index contributed by atoms with van der Waals surface area (Å²) in [6.45, 7) is 0. The molecule has 0 saturated carbocycles. The Morgan fingerprint density at radius 2 is 1.91 bits per heavy atom. The lowest BCUT2D eigenvalue weighted by molar-refractivity contribution is 0.0959. The van der Waals surface area contributed by atoms with Crippen LogP contribution in [0.15, 0.2) is 42.5 Å². The van der Waals surface area contributed by atoms with Gasteiger partial charge in [0.15, 0.2) is 0 Å². The fourth-order valence-electron chi connectivity index (χ4n) is 2.06. The zero-order valence-electron chi connectivity index (χ0n) is 12.2. The molecule has 0 fully saturated rings. The van der Waals surface area contributed by atoms with Gasteiger partial charge in [0.2, 0.25) is 0 Å². The first-order valence-corrected chi connectivity index (χ1v) is 6.79. The van der Waals surface area contributed by atoms with E-state index in [2.05, 4.69) is 15.3 Å². The number of anilines is 1. The fourth-order valence-corrected chi connectivity index (χ4v) is 2.06. The third-order valence-electron chi connectivity index (χ3n) is 3.17. The molecule has 0 radical (unpaired) electrons. The van der Waals surface area contributed by atoms with E-state index in [-0.39, 0.29) is 17.2 Å². The second kappa shape index (κ2) is 5.88.